The number of rotatable bonds is 2. The smallest absolute Gasteiger partial charge is 0.265 e. The van der Waals surface area contributed by atoms with Crippen LogP contribution >= 0.6 is 15.9 Å². The Kier molecular flexibility index (Phi) is 3.47. The molecule has 0 saturated heterocycles. The molecule has 0 amide bonds. The fraction of sp³-hybridized carbons (Fsp3) is 0.0833. The number of nitrogens with two attached hydrogens (primary N) is 1. The molecule has 6 heteroatoms. The molecule has 3 nitrogen and oxygen atoms in total. The zero-order chi connectivity index (χ0) is 13.3. The Labute approximate surface area is 110 Å². The Bertz CT molecular complexity index is 655. The molecule has 0 aliphatic heterocycles. The van der Waals surface area contributed by atoms with Crippen LogP contribution < -0.4 is 11.3 Å². The molecule has 0 radical (unpaired) electrons. The zero-order valence-electron chi connectivity index (χ0n) is 9.16. The summed E-state index contributed by atoms with van der Waals surface area (Å²) < 4.78 is 28.0. The highest BCUT2D eigenvalue weighted by Crippen LogP contribution is 2.13. The number of hydrogen-bond acceptors (Lipinski definition) is 2. The molecule has 1 aromatic heterocycles. The van der Waals surface area contributed by atoms with Gasteiger partial charge in [0.1, 0.15) is 11.6 Å². The highest BCUT2D eigenvalue weighted by molar-refractivity contribution is 9.10. The van der Waals surface area contributed by atoms with E-state index in [0.717, 1.165) is 18.2 Å². The van der Waals surface area contributed by atoms with Crippen LogP contribution in [0, 0.1) is 11.6 Å². The molecule has 1 aromatic carbocycles. The summed E-state index contributed by atoms with van der Waals surface area (Å²) in [7, 11) is 0. The third-order valence-corrected chi connectivity index (χ3v) is 2.98. The van der Waals surface area contributed by atoms with Crippen molar-refractivity contribution >= 4 is 21.6 Å². The lowest BCUT2D eigenvalue weighted by Crippen LogP contribution is -2.21. The van der Waals surface area contributed by atoms with E-state index in [4.69, 9.17) is 5.73 Å². The standard InChI is InChI=1S/C12H9BrF2N2O/c13-10-4-9(16)6-17(12(10)18)5-7-3-8(14)1-2-11(7)15/h1-4,6H,5,16H2. The van der Waals surface area contributed by atoms with Gasteiger partial charge in [-0.1, -0.05) is 0 Å². The van der Waals surface area contributed by atoms with Gasteiger partial charge in [0.15, 0.2) is 0 Å². The average molecular weight is 315 g/mol. The van der Waals surface area contributed by atoms with Gasteiger partial charge in [0.2, 0.25) is 0 Å². The van der Waals surface area contributed by atoms with E-state index in [2.05, 4.69) is 15.9 Å². The van der Waals surface area contributed by atoms with Crippen molar-refractivity contribution in [3.05, 3.63) is 62.5 Å². The minimum Gasteiger partial charge on any atom is -0.398 e. The van der Waals surface area contributed by atoms with Gasteiger partial charge < -0.3 is 10.3 Å². The lowest BCUT2D eigenvalue weighted by atomic mass is 10.2. The van der Waals surface area contributed by atoms with Crippen molar-refractivity contribution in [1.82, 2.24) is 4.57 Å². The van der Waals surface area contributed by atoms with Crippen LogP contribution in [0.3, 0.4) is 0 Å². The lowest BCUT2D eigenvalue weighted by molar-refractivity contribution is 0.574. The predicted molar refractivity (Wildman–Crippen MR) is 68.3 cm³/mol. The number of benzene rings is 1. The first-order chi connectivity index (χ1) is 8.47. The third-order valence-electron chi connectivity index (χ3n) is 2.41. The van der Waals surface area contributed by atoms with Crippen molar-refractivity contribution < 1.29 is 8.78 Å². The quantitative estimate of drug-likeness (QED) is 0.926. The number of anilines is 1. The SMILES string of the molecule is Nc1cc(Br)c(=O)n(Cc2cc(F)ccc2F)c1. The molecule has 2 N–H and O–H groups in total. The van der Waals surface area contributed by atoms with E-state index >= 15 is 0 Å². The Morgan fingerprint density at radius 3 is 2.72 bits per heavy atom. The maximum atomic E-state index is 13.5. The molecule has 2 aromatic rings. The molecule has 0 saturated carbocycles. The monoisotopic (exact) mass is 314 g/mol. The number of pyridine rings is 1. The molecule has 0 aliphatic rings. The molecule has 0 bridgehead atoms. The molecule has 0 fully saturated rings. The minimum absolute atomic E-state index is 0.0773. The number of nitrogen functional groups attached to an aromatic ring is 1. The van der Waals surface area contributed by atoms with Gasteiger partial charge in [0, 0.05) is 17.4 Å². The van der Waals surface area contributed by atoms with E-state index in [-0.39, 0.29) is 22.1 Å². The Morgan fingerprint density at radius 2 is 2.00 bits per heavy atom. The molecule has 0 unspecified atom stereocenters. The van der Waals surface area contributed by atoms with E-state index in [9.17, 15) is 13.6 Å². The van der Waals surface area contributed by atoms with Gasteiger partial charge in [-0.2, -0.15) is 0 Å². The van der Waals surface area contributed by atoms with Gasteiger partial charge in [-0.25, -0.2) is 8.78 Å². The second-order valence-corrected chi connectivity index (χ2v) is 4.64. The third kappa shape index (κ3) is 2.59. The predicted octanol–water partition coefficient (Wildman–Crippen LogP) is 2.52. The lowest BCUT2D eigenvalue weighted by Gasteiger charge is -2.08. The summed E-state index contributed by atoms with van der Waals surface area (Å²) in [6.07, 6.45) is 1.39. The summed E-state index contributed by atoms with van der Waals surface area (Å²) in [4.78, 5) is 11.8. The van der Waals surface area contributed by atoms with E-state index < -0.39 is 11.6 Å². The van der Waals surface area contributed by atoms with Gasteiger partial charge in [0.25, 0.3) is 5.56 Å². The van der Waals surface area contributed by atoms with Crippen LogP contribution in [0.4, 0.5) is 14.5 Å². The van der Waals surface area contributed by atoms with Crippen molar-refractivity contribution in [1.29, 1.82) is 0 Å². The number of halogens is 3. The Balaban J connectivity index is 2.46. The fourth-order valence-corrected chi connectivity index (χ4v) is 2.08. The first-order valence-corrected chi connectivity index (χ1v) is 5.86. The van der Waals surface area contributed by atoms with Gasteiger partial charge in [0.05, 0.1) is 11.0 Å². The normalized spacial score (nSPS) is 10.6. The van der Waals surface area contributed by atoms with Crippen LogP contribution in [0.25, 0.3) is 0 Å². The molecular formula is C12H9BrF2N2O. The van der Waals surface area contributed by atoms with Crippen LogP contribution in [0.2, 0.25) is 0 Å². The summed E-state index contributed by atoms with van der Waals surface area (Å²) in [5.41, 5.74) is 5.69. The second kappa shape index (κ2) is 4.89. The minimum atomic E-state index is -0.568. The van der Waals surface area contributed by atoms with Crippen molar-refractivity contribution in [3.8, 4) is 0 Å². The topological polar surface area (TPSA) is 48.0 Å². The fourth-order valence-electron chi connectivity index (χ4n) is 1.59. The average Bonchev–Trinajstić information content (AvgIpc) is 2.30. The summed E-state index contributed by atoms with van der Waals surface area (Å²) in [6, 6.07) is 4.56. The van der Waals surface area contributed by atoms with Crippen LogP contribution in [0.15, 0.2) is 39.7 Å². The highest BCUT2D eigenvalue weighted by atomic mass is 79.9. The first kappa shape index (κ1) is 12.8. The van der Waals surface area contributed by atoms with E-state index in [1.54, 1.807) is 0 Å². The number of aromatic nitrogens is 1. The van der Waals surface area contributed by atoms with Crippen LogP contribution in [0.5, 0.6) is 0 Å². The van der Waals surface area contributed by atoms with Crippen molar-refractivity contribution in [2.45, 2.75) is 6.54 Å². The van der Waals surface area contributed by atoms with E-state index in [0.29, 0.717) is 5.69 Å². The van der Waals surface area contributed by atoms with Gasteiger partial charge in [-0.3, -0.25) is 4.79 Å². The van der Waals surface area contributed by atoms with E-state index in [1.165, 1.54) is 16.8 Å². The molecule has 0 atom stereocenters. The van der Waals surface area contributed by atoms with Crippen molar-refractivity contribution in [2.24, 2.45) is 0 Å². The van der Waals surface area contributed by atoms with Gasteiger partial charge in [-0.05, 0) is 40.2 Å². The summed E-state index contributed by atoms with van der Waals surface area (Å²) in [5.74, 6) is -1.12. The zero-order valence-corrected chi connectivity index (χ0v) is 10.7. The van der Waals surface area contributed by atoms with Crippen molar-refractivity contribution in [3.63, 3.8) is 0 Å². The Morgan fingerprint density at radius 1 is 1.28 bits per heavy atom. The number of hydrogen-bond donors (Lipinski definition) is 1. The van der Waals surface area contributed by atoms with Crippen molar-refractivity contribution in [2.75, 3.05) is 5.73 Å². The largest absolute Gasteiger partial charge is 0.398 e. The van der Waals surface area contributed by atoms with Gasteiger partial charge in [-0.15, -0.1) is 0 Å². The second-order valence-electron chi connectivity index (χ2n) is 3.79. The van der Waals surface area contributed by atoms with E-state index in [1.807, 2.05) is 0 Å². The molecule has 94 valence electrons. The van der Waals surface area contributed by atoms with Gasteiger partial charge >= 0.3 is 0 Å². The van der Waals surface area contributed by atoms with Crippen LogP contribution in [-0.2, 0) is 6.54 Å². The highest BCUT2D eigenvalue weighted by Gasteiger charge is 2.08. The summed E-state index contributed by atoms with van der Waals surface area (Å²) in [5, 5.41) is 0. The maximum Gasteiger partial charge on any atom is 0.265 e. The molecular weight excluding hydrogens is 306 g/mol. The molecule has 0 aliphatic carbocycles. The maximum absolute atomic E-state index is 13.5. The number of nitrogens with zero attached hydrogens (tertiary/aromatic N) is 1. The van der Waals surface area contributed by atoms with Crippen LogP contribution in [0.1, 0.15) is 5.56 Å². The summed E-state index contributed by atoms with van der Waals surface area (Å²) >= 11 is 3.06. The summed E-state index contributed by atoms with van der Waals surface area (Å²) in [6.45, 7) is -0.0773. The van der Waals surface area contributed by atoms with Crippen LogP contribution in [-0.4, -0.2) is 4.57 Å². The molecule has 0 spiro atoms. The first-order valence-electron chi connectivity index (χ1n) is 5.07. The Hall–Kier alpha value is -1.69. The molecule has 2 rings (SSSR count). The molecule has 1 heterocycles. The molecule has 18 heavy (non-hydrogen) atoms.